The van der Waals surface area contributed by atoms with Crippen molar-refractivity contribution in [3.05, 3.63) is 437 Å². The van der Waals surface area contributed by atoms with Crippen LogP contribution in [0.3, 0.4) is 0 Å². The van der Waals surface area contributed by atoms with Gasteiger partial charge in [0.15, 0.2) is 0 Å². The van der Waals surface area contributed by atoms with Gasteiger partial charge in [0.05, 0.1) is 49.9 Å². The standard InChI is InChI=1S/C62H38N2O.C54H34N2O/c1-4-23-46-39(14-1)17-10-28-53(46)57-58(54-29-11-18-40-15-2-5-24-47(40)54)62(55-30-12-19-41-16-3-6-25-48(41)55)65-61(57)45-21-9-20-44(38-45)49-34-35-52(51-27-8-7-26-50(49)51)56-36-33-43-32-31-42-22-13-37-63-59(42)60(43)64-56;1-4-15-35(16-5-1)49-50(36-17-6-2-7-18-36)54(57-53(49)39-19-8-3-9-20-39)47-32-30-45(41-23-11-13-25-43(41)47)44-29-31-46(42-24-12-10-22-40(42)44)48-33-28-38-27-26-37-21-14-34-55-51(37)52(38)56-48/h1-38H;1-34H/i7D,8D,26D,27D,34D,35D;10D,12D,22D,24D,29D,31D. The number of fused-ring (bicyclic) bond motifs is 12. The fraction of sp³-hybridized carbons (Fsp3) is 0. The van der Waals surface area contributed by atoms with Crippen LogP contribution in [-0.2, 0) is 0 Å². The second-order valence-corrected chi connectivity index (χ2v) is 30.3. The molecular formula is C116H72N4O2. The molecule has 0 fully saturated rings. The number of hydrogen-bond acceptors (Lipinski definition) is 6. The molecule has 568 valence electrons. The van der Waals surface area contributed by atoms with Crippen LogP contribution >= 0.6 is 0 Å². The molecule has 0 bridgehead atoms. The highest BCUT2D eigenvalue weighted by molar-refractivity contribution is 6.17. The third kappa shape index (κ3) is 12.3. The van der Waals surface area contributed by atoms with Crippen LogP contribution in [0.4, 0.5) is 0 Å². The van der Waals surface area contributed by atoms with Gasteiger partial charge < -0.3 is 8.83 Å². The minimum atomic E-state index is -0.439. The molecule has 0 unspecified atom stereocenters. The second-order valence-electron chi connectivity index (χ2n) is 30.3. The van der Waals surface area contributed by atoms with E-state index in [1.807, 2.05) is 218 Å². The van der Waals surface area contributed by atoms with Crippen molar-refractivity contribution in [3.63, 3.8) is 0 Å². The Labute approximate surface area is 720 Å². The Hall–Kier alpha value is -16.3. The van der Waals surface area contributed by atoms with Crippen molar-refractivity contribution in [2.45, 2.75) is 0 Å². The Kier molecular flexibility index (Phi) is 14.6. The highest BCUT2D eigenvalue weighted by Gasteiger charge is 2.31. The lowest BCUT2D eigenvalue weighted by Gasteiger charge is -2.16. The molecule has 0 saturated heterocycles. The van der Waals surface area contributed by atoms with Gasteiger partial charge in [0, 0.05) is 89.6 Å². The number of nitrogens with zero attached hydrogens (tertiary/aromatic N) is 4. The van der Waals surface area contributed by atoms with E-state index in [0.29, 0.717) is 67.4 Å². The van der Waals surface area contributed by atoms with Crippen LogP contribution in [0, 0.1) is 0 Å². The lowest BCUT2D eigenvalue weighted by atomic mass is 9.86. The van der Waals surface area contributed by atoms with Crippen molar-refractivity contribution in [3.8, 4) is 135 Å². The number of benzene rings is 18. The number of rotatable bonds is 12. The normalized spacial score (nSPS) is 13.0. The Morgan fingerprint density at radius 1 is 0.189 bits per heavy atom. The molecule has 6 aromatic heterocycles. The SMILES string of the molecule is [2H]c1c([2H])c([2H])c2c(-c3ccc(-c4oc(-c5ccccc5)c(-c5ccccc5)c4-c4ccccc4)c4ccccc34)c([2H])c([2H])c(-c3ccc4ccc5cccnc5c4n3)c2c1[2H].[2H]c1c([2H])c([2H])c2c(-c3ccc4ccc5cccnc5c4n3)c([2H])c([2H])c(-c3cccc(-c4oc(-c5cccc6ccccc56)c(-c5cccc6ccccc56)c4-c4cccc5ccccc45)c3)c2c1[2H]. The van der Waals surface area contributed by atoms with Crippen molar-refractivity contribution in [1.29, 1.82) is 0 Å². The highest BCUT2D eigenvalue weighted by Crippen LogP contribution is 2.55. The first kappa shape index (κ1) is 59.4. The van der Waals surface area contributed by atoms with Crippen molar-refractivity contribution >= 4 is 108 Å². The molecule has 0 spiro atoms. The van der Waals surface area contributed by atoms with E-state index >= 15 is 0 Å². The van der Waals surface area contributed by atoms with Crippen molar-refractivity contribution < 1.29 is 25.3 Å². The molecule has 6 heterocycles. The molecule has 0 atom stereocenters. The van der Waals surface area contributed by atoms with Gasteiger partial charge in [0.25, 0.3) is 0 Å². The van der Waals surface area contributed by atoms with E-state index in [1.165, 1.54) is 0 Å². The molecule has 122 heavy (non-hydrogen) atoms. The average molecular weight is 1570 g/mol. The van der Waals surface area contributed by atoms with Crippen LogP contribution in [0.15, 0.2) is 446 Å². The largest absolute Gasteiger partial charge is 0.455 e. The minimum absolute atomic E-state index is 0.114. The lowest BCUT2D eigenvalue weighted by Crippen LogP contribution is -1.92. The summed E-state index contributed by atoms with van der Waals surface area (Å²) in [5.41, 5.74) is 15.8. The topological polar surface area (TPSA) is 77.8 Å². The van der Waals surface area contributed by atoms with E-state index < -0.39 is 24.2 Å². The maximum atomic E-state index is 9.85. The molecule has 24 rings (SSSR count). The first-order chi connectivity index (χ1) is 65.5. The molecule has 0 amide bonds. The van der Waals surface area contributed by atoms with Crippen LogP contribution in [0.1, 0.15) is 16.4 Å². The number of pyridine rings is 4. The summed E-state index contributed by atoms with van der Waals surface area (Å²) >= 11 is 0. The van der Waals surface area contributed by atoms with Crippen molar-refractivity contribution in [1.82, 2.24) is 19.9 Å². The third-order valence-corrected chi connectivity index (χ3v) is 23.4. The smallest absolute Gasteiger partial charge is 0.143 e. The second kappa shape index (κ2) is 30.0. The molecular weight excluding hydrogens is 1480 g/mol. The summed E-state index contributed by atoms with van der Waals surface area (Å²) in [7, 11) is 0. The molecule has 6 heteroatoms. The van der Waals surface area contributed by atoms with Crippen molar-refractivity contribution in [2.75, 3.05) is 0 Å². The molecule has 0 N–H and O–H groups in total. The van der Waals surface area contributed by atoms with Gasteiger partial charge >= 0.3 is 0 Å². The molecule has 0 aliphatic heterocycles. The number of aromatic nitrogens is 4. The quantitative estimate of drug-likeness (QED) is 0.113. The van der Waals surface area contributed by atoms with Crippen LogP contribution in [0.2, 0.25) is 0 Å². The zero-order valence-electron chi connectivity index (χ0n) is 77.2. The fourth-order valence-corrected chi connectivity index (χ4v) is 17.8. The van der Waals surface area contributed by atoms with Gasteiger partial charge in [-0.25, -0.2) is 9.97 Å². The zero-order valence-corrected chi connectivity index (χ0v) is 65.2. The summed E-state index contributed by atoms with van der Waals surface area (Å²) in [5.74, 6) is 2.64. The highest BCUT2D eigenvalue weighted by atomic mass is 16.3. The first-order valence-electron chi connectivity index (χ1n) is 46.5. The number of furan rings is 2. The van der Waals surface area contributed by atoms with E-state index in [-0.39, 0.29) is 92.1 Å². The molecule has 0 aliphatic carbocycles. The van der Waals surface area contributed by atoms with Gasteiger partial charge in [-0.3, -0.25) is 9.97 Å². The summed E-state index contributed by atoms with van der Waals surface area (Å²) in [6.45, 7) is 0. The van der Waals surface area contributed by atoms with Crippen LogP contribution < -0.4 is 0 Å². The van der Waals surface area contributed by atoms with E-state index in [9.17, 15) is 11.0 Å². The predicted molar refractivity (Wildman–Crippen MR) is 509 cm³/mol. The fourth-order valence-electron chi connectivity index (χ4n) is 17.8. The van der Waals surface area contributed by atoms with Crippen LogP contribution in [0.5, 0.6) is 0 Å². The zero-order chi connectivity index (χ0) is 91.0. The summed E-state index contributed by atoms with van der Waals surface area (Å²) in [6.07, 6.45) is 3.40. The van der Waals surface area contributed by atoms with E-state index in [0.717, 1.165) is 132 Å². The lowest BCUT2D eigenvalue weighted by molar-refractivity contribution is 0.599. The summed E-state index contributed by atoms with van der Waals surface area (Å²) in [4.78, 5) is 19.3. The molecule has 0 radical (unpaired) electrons. The summed E-state index contributed by atoms with van der Waals surface area (Å²) in [5, 5.41) is 11.8. The predicted octanol–water partition coefficient (Wildman–Crippen LogP) is 31.7. The maximum absolute atomic E-state index is 9.85. The molecule has 18 aromatic carbocycles. The van der Waals surface area contributed by atoms with Gasteiger partial charge in [-0.05, 0) is 146 Å². The van der Waals surface area contributed by atoms with Gasteiger partial charge in [-0.1, -0.05) is 388 Å². The Morgan fingerprint density at radius 3 is 1.06 bits per heavy atom. The molecule has 24 aromatic rings. The summed E-state index contributed by atoms with van der Waals surface area (Å²) in [6, 6.07) is 113. The Morgan fingerprint density at radius 2 is 0.525 bits per heavy atom. The van der Waals surface area contributed by atoms with E-state index in [2.05, 4.69) is 131 Å². The van der Waals surface area contributed by atoms with Crippen molar-refractivity contribution in [2.24, 2.45) is 0 Å². The van der Waals surface area contributed by atoms with E-state index in [4.69, 9.17) is 24.3 Å². The Balaban J connectivity index is 0.000000152. The molecule has 6 nitrogen and oxygen atoms in total. The van der Waals surface area contributed by atoms with Crippen LogP contribution in [0.25, 0.3) is 243 Å². The van der Waals surface area contributed by atoms with Gasteiger partial charge in [0.2, 0.25) is 0 Å². The average Bonchev–Trinajstić information content (AvgIpc) is 1.32. The van der Waals surface area contributed by atoms with E-state index in [1.54, 1.807) is 24.5 Å². The minimum Gasteiger partial charge on any atom is -0.455 e. The molecule has 0 saturated carbocycles. The maximum Gasteiger partial charge on any atom is 0.143 e. The first-order valence-corrected chi connectivity index (χ1v) is 40.5. The third-order valence-electron chi connectivity index (χ3n) is 23.4. The van der Waals surface area contributed by atoms with Gasteiger partial charge in [-0.15, -0.1) is 0 Å². The Bertz CT molecular complexity index is 9050. The van der Waals surface area contributed by atoms with Crippen LogP contribution in [-0.4, -0.2) is 19.9 Å². The number of hydrogen-bond donors (Lipinski definition) is 0. The van der Waals surface area contributed by atoms with Gasteiger partial charge in [-0.2, -0.15) is 0 Å². The molecule has 0 aliphatic rings. The van der Waals surface area contributed by atoms with Gasteiger partial charge in [0.1, 0.15) is 23.0 Å². The monoisotopic (exact) mass is 1560 g/mol. The summed E-state index contributed by atoms with van der Waals surface area (Å²) < 4.78 is 127.